The van der Waals surface area contributed by atoms with Gasteiger partial charge in [0, 0.05) is 0 Å². The molecule has 0 radical (unpaired) electrons. The molecule has 0 fully saturated rings. The minimum Gasteiger partial charge on any atom is -0.496 e. The van der Waals surface area contributed by atoms with E-state index in [9.17, 15) is 0 Å². The molecule has 15 heavy (non-hydrogen) atoms. The Hall–Kier alpha value is -0.980. The van der Waals surface area contributed by atoms with Gasteiger partial charge < -0.3 is 4.74 Å². The molecule has 0 heterocycles. The Morgan fingerprint density at radius 1 is 1.27 bits per heavy atom. The van der Waals surface area contributed by atoms with Crippen LogP contribution in [0.4, 0.5) is 0 Å². The first-order valence-electron chi connectivity index (χ1n) is 5.62. The van der Waals surface area contributed by atoms with Gasteiger partial charge in [-0.2, -0.15) is 0 Å². The first kappa shape index (κ1) is 12.1. The fraction of sp³-hybridized carbons (Fsp3) is 0.571. The topological polar surface area (TPSA) is 9.23 Å². The lowest BCUT2D eigenvalue weighted by molar-refractivity contribution is 0.348. The van der Waals surface area contributed by atoms with E-state index >= 15 is 0 Å². The quantitative estimate of drug-likeness (QED) is 0.724. The lowest BCUT2D eigenvalue weighted by Gasteiger charge is -2.23. The summed E-state index contributed by atoms with van der Waals surface area (Å²) in [6, 6.07) is 6.50. The maximum atomic E-state index is 5.33. The summed E-state index contributed by atoms with van der Waals surface area (Å²) in [6.45, 7) is 8.93. The van der Waals surface area contributed by atoms with E-state index in [1.165, 1.54) is 17.5 Å². The van der Waals surface area contributed by atoms with E-state index in [-0.39, 0.29) is 0 Å². The van der Waals surface area contributed by atoms with Gasteiger partial charge in [0.25, 0.3) is 0 Å². The summed E-state index contributed by atoms with van der Waals surface area (Å²) in [7, 11) is 1.73. The Kier molecular flexibility index (Phi) is 3.78. The van der Waals surface area contributed by atoms with Crippen LogP contribution in [0.25, 0.3) is 0 Å². The fourth-order valence-electron chi connectivity index (χ4n) is 1.65. The van der Waals surface area contributed by atoms with E-state index in [4.69, 9.17) is 4.74 Å². The highest BCUT2D eigenvalue weighted by atomic mass is 16.5. The highest BCUT2D eigenvalue weighted by Crippen LogP contribution is 2.28. The second kappa shape index (κ2) is 4.69. The van der Waals surface area contributed by atoms with E-state index in [1.54, 1.807) is 7.11 Å². The Labute approximate surface area is 93.5 Å². The third-order valence-corrected chi connectivity index (χ3v) is 3.11. The summed E-state index contributed by atoms with van der Waals surface area (Å²) < 4.78 is 5.33. The number of aryl methyl sites for hydroxylation is 1. The van der Waals surface area contributed by atoms with Gasteiger partial charge in [-0.15, -0.1) is 0 Å². The zero-order valence-corrected chi connectivity index (χ0v) is 10.6. The minimum atomic E-state index is 0.375. The smallest absolute Gasteiger partial charge is 0.122 e. The standard InChI is InChI=1S/C14H22O/c1-6-14(3,4)10-12-8-7-11(2)13(9-12)15-5/h7-9H,6,10H2,1-5H3. The third kappa shape index (κ3) is 3.26. The van der Waals surface area contributed by atoms with Crippen molar-refractivity contribution in [1.82, 2.24) is 0 Å². The maximum Gasteiger partial charge on any atom is 0.122 e. The largest absolute Gasteiger partial charge is 0.496 e. The fourth-order valence-corrected chi connectivity index (χ4v) is 1.65. The molecule has 1 heteroatoms. The molecule has 0 aliphatic heterocycles. The average Bonchev–Trinajstić information content (AvgIpc) is 2.20. The van der Waals surface area contributed by atoms with E-state index in [0.29, 0.717) is 5.41 Å². The zero-order valence-electron chi connectivity index (χ0n) is 10.6. The molecule has 0 aliphatic rings. The first-order valence-corrected chi connectivity index (χ1v) is 5.62. The monoisotopic (exact) mass is 206 g/mol. The van der Waals surface area contributed by atoms with Crippen LogP contribution in [0.5, 0.6) is 5.75 Å². The van der Waals surface area contributed by atoms with Crippen molar-refractivity contribution in [3.8, 4) is 5.75 Å². The lowest BCUT2D eigenvalue weighted by Crippen LogP contribution is -2.13. The van der Waals surface area contributed by atoms with Gasteiger partial charge in [-0.3, -0.25) is 0 Å². The molecule has 84 valence electrons. The van der Waals surface area contributed by atoms with Crippen LogP contribution in [0, 0.1) is 12.3 Å². The van der Waals surface area contributed by atoms with Gasteiger partial charge >= 0.3 is 0 Å². The number of benzene rings is 1. The van der Waals surface area contributed by atoms with Crippen molar-refractivity contribution in [3.05, 3.63) is 29.3 Å². The molecule has 0 bridgehead atoms. The minimum absolute atomic E-state index is 0.375. The van der Waals surface area contributed by atoms with Crippen molar-refractivity contribution in [2.24, 2.45) is 5.41 Å². The molecule has 0 aliphatic carbocycles. The van der Waals surface area contributed by atoms with Crippen LogP contribution < -0.4 is 4.74 Å². The number of hydrogen-bond donors (Lipinski definition) is 0. The first-order chi connectivity index (χ1) is 6.98. The van der Waals surface area contributed by atoms with Gasteiger partial charge in [0.15, 0.2) is 0 Å². The van der Waals surface area contributed by atoms with Crippen molar-refractivity contribution in [2.45, 2.75) is 40.5 Å². The summed E-state index contributed by atoms with van der Waals surface area (Å²) in [6.07, 6.45) is 2.31. The van der Waals surface area contributed by atoms with E-state index in [0.717, 1.165) is 12.2 Å². The second-order valence-corrected chi connectivity index (χ2v) is 5.00. The zero-order chi connectivity index (χ0) is 11.5. The van der Waals surface area contributed by atoms with Gasteiger partial charge in [-0.05, 0) is 36.0 Å². The molecule has 0 N–H and O–H groups in total. The molecule has 1 rings (SSSR count). The van der Waals surface area contributed by atoms with E-state index in [1.807, 2.05) is 0 Å². The van der Waals surface area contributed by atoms with Crippen molar-refractivity contribution in [2.75, 3.05) is 7.11 Å². The molecule has 1 nitrogen and oxygen atoms in total. The molecule has 0 spiro atoms. The average molecular weight is 206 g/mol. The molecule has 1 aromatic carbocycles. The van der Waals surface area contributed by atoms with E-state index < -0.39 is 0 Å². The Morgan fingerprint density at radius 2 is 1.93 bits per heavy atom. The van der Waals surface area contributed by atoms with Crippen molar-refractivity contribution in [1.29, 1.82) is 0 Å². The van der Waals surface area contributed by atoms with Crippen LogP contribution in [-0.4, -0.2) is 7.11 Å². The van der Waals surface area contributed by atoms with Crippen LogP contribution in [0.15, 0.2) is 18.2 Å². The Balaban J connectivity index is 2.87. The van der Waals surface area contributed by atoms with Crippen molar-refractivity contribution in [3.63, 3.8) is 0 Å². The van der Waals surface area contributed by atoms with Crippen molar-refractivity contribution < 1.29 is 4.74 Å². The normalized spacial score (nSPS) is 11.5. The molecule has 1 aromatic rings. The molecule has 0 aromatic heterocycles. The summed E-state index contributed by atoms with van der Waals surface area (Å²) in [5.41, 5.74) is 2.94. The van der Waals surface area contributed by atoms with Crippen LogP contribution in [0.2, 0.25) is 0 Å². The maximum absolute atomic E-state index is 5.33. The summed E-state index contributed by atoms with van der Waals surface area (Å²) in [4.78, 5) is 0. The van der Waals surface area contributed by atoms with Crippen LogP contribution >= 0.6 is 0 Å². The van der Waals surface area contributed by atoms with Gasteiger partial charge in [-0.25, -0.2) is 0 Å². The van der Waals surface area contributed by atoms with E-state index in [2.05, 4.69) is 45.9 Å². The highest BCUT2D eigenvalue weighted by molar-refractivity contribution is 5.36. The number of rotatable bonds is 4. The molecular weight excluding hydrogens is 184 g/mol. The van der Waals surface area contributed by atoms with Gasteiger partial charge in [-0.1, -0.05) is 39.3 Å². The number of hydrogen-bond acceptors (Lipinski definition) is 1. The predicted octanol–water partition coefficient (Wildman–Crippen LogP) is 3.98. The summed E-state index contributed by atoms with van der Waals surface area (Å²) >= 11 is 0. The molecule has 0 amide bonds. The molecule has 0 atom stereocenters. The molecular formula is C14H22O. The molecule has 0 unspecified atom stereocenters. The predicted molar refractivity (Wildman–Crippen MR) is 65.5 cm³/mol. The van der Waals surface area contributed by atoms with Gasteiger partial charge in [0.05, 0.1) is 7.11 Å². The summed E-state index contributed by atoms with van der Waals surface area (Å²) in [5.74, 6) is 0.999. The van der Waals surface area contributed by atoms with Gasteiger partial charge in [0.2, 0.25) is 0 Å². The Bertz CT molecular complexity index is 326. The van der Waals surface area contributed by atoms with Crippen molar-refractivity contribution >= 4 is 0 Å². The number of methoxy groups -OCH3 is 1. The van der Waals surface area contributed by atoms with Gasteiger partial charge in [0.1, 0.15) is 5.75 Å². The van der Waals surface area contributed by atoms with Crippen LogP contribution in [-0.2, 0) is 6.42 Å². The molecule has 0 saturated heterocycles. The molecule has 0 saturated carbocycles. The Morgan fingerprint density at radius 3 is 2.47 bits per heavy atom. The lowest BCUT2D eigenvalue weighted by atomic mass is 9.83. The van der Waals surface area contributed by atoms with Crippen LogP contribution in [0.1, 0.15) is 38.3 Å². The SMILES string of the molecule is CCC(C)(C)Cc1ccc(C)c(OC)c1. The third-order valence-electron chi connectivity index (χ3n) is 3.11. The second-order valence-electron chi connectivity index (χ2n) is 5.00. The van der Waals surface area contributed by atoms with Crippen LogP contribution in [0.3, 0.4) is 0 Å². The highest BCUT2D eigenvalue weighted by Gasteiger charge is 2.16. The number of ether oxygens (including phenoxy) is 1. The summed E-state index contributed by atoms with van der Waals surface area (Å²) in [5, 5.41) is 0.